The average Bonchev–Trinajstić information content (AvgIpc) is 2.88. The highest BCUT2D eigenvalue weighted by molar-refractivity contribution is 5.99. The molecule has 1 saturated heterocycles. The van der Waals surface area contributed by atoms with Gasteiger partial charge >= 0.3 is 0 Å². The first-order chi connectivity index (χ1) is 9.15. The fourth-order valence-electron chi connectivity index (χ4n) is 2.67. The van der Waals surface area contributed by atoms with E-state index in [0.717, 1.165) is 43.9 Å². The van der Waals surface area contributed by atoms with E-state index in [1.807, 2.05) is 13.0 Å². The third kappa shape index (κ3) is 2.87. The molecule has 3 N–H and O–H groups in total. The number of nitrogens with zero attached hydrogens (tertiary/aromatic N) is 2. The third-order valence-corrected chi connectivity index (χ3v) is 3.60. The summed E-state index contributed by atoms with van der Waals surface area (Å²) in [6, 6.07) is 2.23. The number of amides is 1. The number of aromatic nitrogens is 1. The molecule has 1 unspecified atom stereocenters. The molecule has 19 heavy (non-hydrogen) atoms. The summed E-state index contributed by atoms with van der Waals surface area (Å²) in [5.74, 6) is 0.343. The maximum absolute atomic E-state index is 11.7. The topological polar surface area (TPSA) is 71.2 Å². The maximum atomic E-state index is 11.7. The molecule has 0 aromatic carbocycles. The number of carbonyl (C=O) groups excluding carboxylic acids is 1. The predicted molar refractivity (Wildman–Crippen MR) is 76.4 cm³/mol. The molecular weight excluding hydrogens is 240 g/mol. The van der Waals surface area contributed by atoms with Crippen LogP contribution in [0.3, 0.4) is 0 Å². The lowest BCUT2D eigenvalue weighted by molar-refractivity contribution is 0.1000. The standard InChI is InChI=1S/C14H22N4O/c1-3-8-18(11-5-6-16-9-11)14-12(13(15)19)10(2)4-7-17-14/h4,7,11,16H,3,5-6,8-9H2,1-2H3,(H2,15,19). The Morgan fingerprint density at radius 3 is 3.00 bits per heavy atom. The third-order valence-electron chi connectivity index (χ3n) is 3.60. The van der Waals surface area contributed by atoms with Crippen LogP contribution < -0.4 is 16.0 Å². The van der Waals surface area contributed by atoms with Crippen molar-refractivity contribution < 1.29 is 4.79 Å². The van der Waals surface area contributed by atoms with Gasteiger partial charge in [-0.3, -0.25) is 4.79 Å². The number of hydrogen-bond donors (Lipinski definition) is 2. The summed E-state index contributed by atoms with van der Waals surface area (Å²) in [7, 11) is 0. The van der Waals surface area contributed by atoms with Gasteiger partial charge < -0.3 is 16.0 Å². The molecule has 1 aliphatic heterocycles. The molecule has 5 nitrogen and oxygen atoms in total. The minimum atomic E-state index is -0.396. The Morgan fingerprint density at radius 2 is 2.42 bits per heavy atom. The second-order valence-electron chi connectivity index (χ2n) is 5.03. The van der Waals surface area contributed by atoms with Crippen molar-refractivity contribution >= 4 is 11.7 Å². The molecule has 0 bridgehead atoms. The fourth-order valence-corrected chi connectivity index (χ4v) is 2.67. The summed E-state index contributed by atoms with van der Waals surface area (Å²) in [5.41, 5.74) is 6.98. The predicted octanol–water partition coefficient (Wildman–Crippen LogP) is 1.07. The molecule has 1 fully saturated rings. The highest BCUT2D eigenvalue weighted by Gasteiger charge is 2.26. The van der Waals surface area contributed by atoms with Gasteiger partial charge in [0.2, 0.25) is 0 Å². The van der Waals surface area contributed by atoms with E-state index in [0.29, 0.717) is 11.6 Å². The number of carbonyl (C=O) groups is 1. The minimum absolute atomic E-state index is 0.396. The summed E-state index contributed by atoms with van der Waals surface area (Å²) in [5, 5.41) is 3.36. The number of pyridine rings is 1. The zero-order chi connectivity index (χ0) is 13.8. The molecule has 1 aromatic heterocycles. The Hall–Kier alpha value is -1.62. The Balaban J connectivity index is 2.40. The highest BCUT2D eigenvalue weighted by atomic mass is 16.1. The van der Waals surface area contributed by atoms with Gasteiger partial charge in [0.05, 0.1) is 5.56 Å². The number of hydrogen-bond acceptors (Lipinski definition) is 4. The zero-order valence-corrected chi connectivity index (χ0v) is 11.6. The van der Waals surface area contributed by atoms with E-state index in [9.17, 15) is 4.79 Å². The average molecular weight is 262 g/mol. The van der Waals surface area contributed by atoms with Gasteiger partial charge in [-0.1, -0.05) is 6.92 Å². The summed E-state index contributed by atoms with van der Waals surface area (Å²) in [6.07, 6.45) is 3.85. The lowest BCUT2D eigenvalue weighted by Crippen LogP contribution is -2.39. The second-order valence-corrected chi connectivity index (χ2v) is 5.03. The first-order valence-corrected chi connectivity index (χ1v) is 6.88. The van der Waals surface area contributed by atoms with Crippen LogP contribution >= 0.6 is 0 Å². The van der Waals surface area contributed by atoms with E-state index < -0.39 is 5.91 Å². The molecule has 1 aromatic rings. The number of nitrogens with one attached hydrogen (secondary N) is 1. The largest absolute Gasteiger partial charge is 0.365 e. The lowest BCUT2D eigenvalue weighted by Gasteiger charge is -2.30. The summed E-state index contributed by atoms with van der Waals surface area (Å²) in [4.78, 5) is 18.4. The summed E-state index contributed by atoms with van der Waals surface area (Å²) in [6.45, 7) is 6.89. The monoisotopic (exact) mass is 262 g/mol. The molecule has 0 saturated carbocycles. The number of aryl methyl sites for hydroxylation is 1. The molecule has 5 heteroatoms. The first kappa shape index (κ1) is 13.8. The Labute approximate surface area is 114 Å². The van der Waals surface area contributed by atoms with E-state index in [-0.39, 0.29) is 0 Å². The van der Waals surface area contributed by atoms with Gasteiger partial charge in [0.15, 0.2) is 0 Å². The molecule has 2 heterocycles. The van der Waals surface area contributed by atoms with E-state index in [2.05, 4.69) is 22.1 Å². The lowest BCUT2D eigenvalue weighted by atomic mass is 10.1. The van der Waals surface area contributed by atoms with Gasteiger partial charge in [0.1, 0.15) is 5.82 Å². The Morgan fingerprint density at radius 1 is 1.63 bits per heavy atom. The van der Waals surface area contributed by atoms with Crippen LogP contribution in [0.15, 0.2) is 12.3 Å². The first-order valence-electron chi connectivity index (χ1n) is 6.88. The number of primary amides is 1. The minimum Gasteiger partial charge on any atom is -0.365 e. The van der Waals surface area contributed by atoms with Crippen molar-refractivity contribution in [2.75, 3.05) is 24.5 Å². The Bertz CT molecular complexity index is 455. The van der Waals surface area contributed by atoms with Crippen LogP contribution in [0, 0.1) is 6.92 Å². The number of nitrogens with two attached hydrogens (primary N) is 1. The van der Waals surface area contributed by atoms with Crippen LogP contribution in [-0.4, -0.2) is 36.6 Å². The van der Waals surface area contributed by atoms with Gasteiger partial charge in [-0.05, 0) is 37.9 Å². The van der Waals surface area contributed by atoms with E-state index in [4.69, 9.17) is 5.73 Å². The van der Waals surface area contributed by atoms with Crippen LogP contribution in [0.1, 0.15) is 35.7 Å². The molecule has 0 spiro atoms. The van der Waals surface area contributed by atoms with Gasteiger partial charge in [-0.15, -0.1) is 0 Å². The molecule has 1 amide bonds. The van der Waals surface area contributed by atoms with Gasteiger partial charge in [-0.25, -0.2) is 4.98 Å². The van der Waals surface area contributed by atoms with Crippen LogP contribution in [0.2, 0.25) is 0 Å². The zero-order valence-electron chi connectivity index (χ0n) is 11.6. The molecule has 0 radical (unpaired) electrons. The van der Waals surface area contributed by atoms with Crippen molar-refractivity contribution in [3.8, 4) is 0 Å². The quantitative estimate of drug-likeness (QED) is 0.832. The fraction of sp³-hybridized carbons (Fsp3) is 0.571. The summed E-state index contributed by atoms with van der Waals surface area (Å²) >= 11 is 0. The van der Waals surface area contributed by atoms with E-state index >= 15 is 0 Å². The van der Waals surface area contributed by atoms with Gasteiger partial charge in [-0.2, -0.15) is 0 Å². The van der Waals surface area contributed by atoms with Crippen molar-refractivity contribution in [3.05, 3.63) is 23.4 Å². The second kappa shape index (κ2) is 6.02. The van der Waals surface area contributed by atoms with Gasteiger partial charge in [0, 0.05) is 25.3 Å². The van der Waals surface area contributed by atoms with Crippen molar-refractivity contribution in [2.45, 2.75) is 32.7 Å². The smallest absolute Gasteiger partial charge is 0.252 e. The highest BCUT2D eigenvalue weighted by Crippen LogP contribution is 2.24. The van der Waals surface area contributed by atoms with Crippen LogP contribution in [-0.2, 0) is 0 Å². The summed E-state index contributed by atoms with van der Waals surface area (Å²) < 4.78 is 0. The van der Waals surface area contributed by atoms with Crippen molar-refractivity contribution in [2.24, 2.45) is 5.73 Å². The molecule has 104 valence electrons. The molecular formula is C14H22N4O. The van der Waals surface area contributed by atoms with Crippen LogP contribution in [0.5, 0.6) is 0 Å². The van der Waals surface area contributed by atoms with Crippen molar-refractivity contribution in [3.63, 3.8) is 0 Å². The molecule has 1 aliphatic rings. The number of rotatable bonds is 5. The van der Waals surface area contributed by atoms with E-state index in [1.165, 1.54) is 0 Å². The van der Waals surface area contributed by atoms with Crippen LogP contribution in [0.25, 0.3) is 0 Å². The van der Waals surface area contributed by atoms with E-state index in [1.54, 1.807) is 6.20 Å². The Kier molecular flexibility index (Phi) is 4.37. The molecule has 1 atom stereocenters. The molecule has 0 aliphatic carbocycles. The number of anilines is 1. The molecule has 2 rings (SSSR count). The maximum Gasteiger partial charge on any atom is 0.252 e. The normalized spacial score (nSPS) is 18.5. The SMILES string of the molecule is CCCN(c1nccc(C)c1C(N)=O)C1CCNC1. The van der Waals surface area contributed by atoms with Gasteiger partial charge in [0.25, 0.3) is 5.91 Å². The van der Waals surface area contributed by atoms with Crippen molar-refractivity contribution in [1.29, 1.82) is 0 Å². The van der Waals surface area contributed by atoms with Crippen LogP contribution in [0.4, 0.5) is 5.82 Å². The van der Waals surface area contributed by atoms with Crippen molar-refractivity contribution in [1.82, 2.24) is 10.3 Å².